The third-order valence-electron chi connectivity index (χ3n) is 2.44. The van der Waals surface area contributed by atoms with Gasteiger partial charge in [0, 0.05) is 19.4 Å². The fraction of sp³-hybridized carbons (Fsp3) is 0.909. The van der Waals surface area contributed by atoms with E-state index in [-0.39, 0.29) is 0 Å². The number of carbonyl (C=O) groups is 1. The highest BCUT2D eigenvalue weighted by molar-refractivity contribution is 5.78. The third kappa shape index (κ3) is 5.35. The third-order valence-corrected chi connectivity index (χ3v) is 2.44. The second-order valence-electron chi connectivity index (χ2n) is 4.11. The predicted octanol–water partition coefficient (Wildman–Crippen LogP) is 1.47. The Kier molecular flexibility index (Phi) is 5.12. The summed E-state index contributed by atoms with van der Waals surface area (Å²) in [5.74, 6) is 0.406. The molecule has 1 aliphatic rings. The summed E-state index contributed by atoms with van der Waals surface area (Å²) < 4.78 is 5.14. The molecule has 1 unspecified atom stereocenters. The molecule has 0 aliphatic carbocycles. The van der Waals surface area contributed by atoms with Crippen molar-refractivity contribution < 1.29 is 9.53 Å². The number of carbonyl (C=O) groups excluding carboxylic acids is 1. The molecule has 0 amide bonds. The molecule has 82 valence electrons. The molecule has 1 atom stereocenters. The van der Waals surface area contributed by atoms with Gasteiger partial charge in [-0.1, -0.05) is 6.92 Å². The first kappa shape index (κ1) is 11.7. The lowest BCUT2D eigenvalue weighted by atomic mass is 10.1. The Bertz CT molecular complexity index is 178. The molecule has 14 heavy (non-hydrogen) atoms. The second kappa shape index (κ2) is 6.14. The van der Waals surface area contributed by atoms with Gasteiger partial charge in [-0.05, 0) is 26.4 Å². The Hall–Kier alpha value is -0.410. The highest BCUT2D eigenvalue weighted by Crippen LogP contribution is 2.10. The first-order valence-electron chi connectivity index (χ1n) is 5.54. The smallest absolute Gasteiger partial charge is 0.132 e. The quantitative estimate of drug-likeness (QED) is 0.555. The van der Waals surface area contributed by atoms with Gasteiger partial charge in [0.2, 0.25) is 0 Å². The monoisotopic (exact) mass is 199 g/mol. The molecule has 1 heterocycles. The first-order valence-corrected chi connectivity index (χ1v) is 5.54. The van der Waals surface area contributed by atoms with Crippen LogP contribution in [0.15, 0.2) is 0 Å². The zero-order valence-electron chi connectivity index (χ0n) is 9.29. The lowest BCUT2D eigenvalue weighted by Gasteiger charge is -2.14. The summed E-state index contributed by atoms with van der Waals surface area (Å²) in [6, 6.07) is 0. The van der Waals surface area contributed by atoms with Gasteiger partial charge < -0.3 is 9.64 Å². The summed E-state index contributed by atoms with van der Waals surface area (Å²) >= 11 is 0. The van der Waals surface area contributed by atoms with Crippen molar-refractivity contribution in [3.63, 3.8) is 0 Å². The highest BCUT2D eigenvalue weighted by Gasteiger charge is 2.23. The van der Waals surface area contributed by atoms with Crippen molar-refractivity contribution in [2.75, 3.05) is 26.7 Å². The molecule has 1 aliphatic heterocycles. The normalized spacial score (nSPS) is 20.1. The minimum absolute atomic E-state index is 0.406. The van der Waals surface area contributed by atoms with Crippen LogP contribution in [0.25, 0.3) is 0 Å². The zero-order valence-corrected chi connectivity index (χ0v) is 9.29. The van der Waals surface area contributed by atoms with Crippen LogP contribution in [0, 0.1) is 0 Å². The van der Waals surface area contributed by atoms with Gasteiger partial charge in [-0.15, -0.1) is 0 Å². The molecule has 3 heteroatoms. The summed E-state index contributed by atoms with van der Waals surface area (Å²) in [6.07, 6.45) is 3.91. The zero-order chi connectivity index (χ0) is 10.4. The largest absolute Gasteiger partial charge is 0.372 e. The fourth-order valence-corrected chi connectivity index (χ4v) is 1.56. The van der Waals surface area contributed by atoms with E-state index < -0.39 is 0 Å². The topological polar surface area (TPSA) is 32.8 Å². The number of rotatable bonds is 8. The predicted molar refractivity (Wildman–Crippen MR) is 56.4 cm³/mol. The van der Waals surface area contributed by atoms with Crippen molar-refractivity contribution in [1.29, 1.82) is 0 Å². The Morgan fingerprint density at radius 2 is 2.21 bits per heavy atom. The van der Waals surface area contributed by atoms with Gasteiger partial charge in [-0.3, -0.25) is 4.79 Å². The van der Waals surface area contributed by atoms with Gasteiger partial charge in [-0.2, -0.15) is 0 Å². The van der Waals surface area contributed by atoms with E-state index in [0.29, 0.717) is 11.9 Å². The summed E-state index contributed by atoms with van der Waals surface area (Å²) in [5.41, 5.74) is 0. The maximum absolute atomic E-state index is 11.2. The number of ketones is 1. The van der Waals surface area contributed by atoms with Gasteiger partial charge in [-0.25, -0.2) is 0 Å². The Morgan fingerprint density at radius 1 is 1.50 bits per heavy atom. The van der Waals surface area contributed by atoms with Crippen LogP contribution in [0.4, 0.5) is 0 Å². The van der Waals surface area contributed by atoms with Crippen molar-refractivity contribution >= 4 is 5.78 Å². The molecule has 1 fully saturated rings. The summed E-state index contributed by atoms with van der Waals surface area (Å²) in [4.78, 5) is 13.5. The van der Waals surface area contributed by atoms with Crippen LogP contribution in [-0.4, -0.2) is 43.5 Å². The molecule has 3 nitrogen and oxygen atoms in total. The maximum atomic E-state index is 11.2. The molecule has 0 saturated carbocycles. The number of Topliss-reactive ketones (excluding diaryl/α,β-unsaturated/α-hetero) is 1. The van der Waals surface area contributed by atoms with Crippen LogP contribution in [0.1, 0.15) is 32.6 Å². The SMILES string of the molecule is CCCC(=O)CCCN(C)CC1CO1. The number of nitrogens with zero attached hydrogens (tertiary/aromatic N) is 1. The van der Waals surface area contributed by atoms with Gasteiger partial charge in [0.05, 0.1) is 12.7 Å². The molecule has 0 N–H and O–H groups in total. The van der Waals surface area contributed by atoms with Crippen molar-refractivity contribution in [1.82, 2.24) is 4.90 Å². The van der Waals surface area contributed by atoms with Gasteiger partial charge in [0.1, 0.15) is 5.78 Å². The maximum Gasteiger partial charge on any atom is 0.132 e. The van der Waals surface area contributed by atoms with E-state index in [0.717, 1.165) is 45.4 Å². The molecule has 1 saturated heterocycles. The lowest BCUT2D eigenvalue weighted by Crippen LogP contribution is -2.24. The number of likely N-dealkylation sites (N-methyl/N-ethyl adjacent to an activating group) is 1. The van der Waals surface area contributed by atoms with E-state index in [1.807, 2.05) is 0 Å². The van der Waals surface area contributed by atoms with Crippen LogP contribution in [0.5, 0.6) is 0 Å². The molecular weight excluding hydrogens is 178 g/mol. The van der Waals surface area contributed by atoms with Crippen molar-refractivity contribution in [3.8, 4) is 0 Å². The molecule has 0 aromatic carbocycles. The van der Waals surface area contributed by atoms with Crippen molar-refractivity contribution in [2.45, 2.75) is 38.7 Å². The van der Waals surface area contributed by atoms with E-state index in [1.165, 1.54) is 0 Å². The molecular formula is C11H21NO2. The second-order valence-corrected chi connectivity index (χ2v) is 4.11. The summed E-state index contributed by atoms with van der Waals surface area (Å²) in [6.45, 7) is 4.99. The average Bonchev–Trinajstić information content (AvgIpc) is 2.88. The Morgan fingerprint density at radius 3 is 2.79 bits per heavy atom. The highest BCUT2D eigenvalue weighted by atomic mass is 16.6. The minimum Gasteiger partial charge on any atom is -0.372 e. The molecule has 1 rings (SSSR count). The molecule has 0 aromatic rings. The van der Waals surface area contributed by atoms with Crippen LogP contribution in [-0.2, 0) is 9.53 Å². The Labute approximate surface area is 86.4 Å². The molecule has 0 aromatic heterocycles. The summed E-state index contributed by atoms with van der Waals surface area (Å²) in [7, 11) is 2.09. The van der Waals surface area contributed by atoms with E-state index in [9.17, 15) is 4.79 Å². The van der Waals surface area contributed by atoms with E-state index in [1.54, 1.807) is 0 Å². The van der Waals surface area contributed by atoms with E-state index in [4.69, 9.17) is 4.74 Å². The standard InChI is InChI=1S/C11H21NO2/c1-3-5-10(13)6-4-7-12(2)8-11-9-14-11/h11H,3-9H2,1-2H3. The lowest BCUT2D eigenvalue weighted by molar-refractivity contribution is -0.119. The van der Waals surface area contributed by atoms with Crippen molar-refractivity contribution in [3.05, 3.63) is 0 Å². The number of ether oxygens (including phenoxy) is 1. The van der Waals surface area contributed by atoms with E-state index in [2.05, 4.69) is 18.9 Å². The van der Waals surface area contributed by atoms with Crippen LogP contribution < -0.4 is 0 Å². The van der Waals surface area contributed by atoms with Gasteiger partial charge >= 0.3 is 0 Å². The first-order chi connectivity index (χ1) is 6.72. The molecule has 0 radical (unpaired) electrons. The fourth-order valence-electron chi connectivity index (χ4n) is 1.56. The number of hydrogen-bond donors (Lipinski definition) is 0. The van der Waals surface area contributed by atoms with Crippen LogP contribution in [0.2, 0.25) is 0 Å². The van der Waals surface area contributed by atoms with Crippen LogP contribution >= 0.6 is 0 Å². The molecule has 0 spiro atoms. The Balaban J connectivity index is 1.93. The van der Waals surface area contributed by atoms with Crippen molar-refractivity contribution in [2.24, 2.45) is 0 Å². The minimum atomic E-state index is 0.406. The summed E-state index contributed by atoms with van der Waals surface area (Å²) in [5, 5.41) is 0. The van der Waals surface area contributed by atoms with Gasteiger partial charge in [0.15, 0.2) is 0 Å². The number of hydrogen-bond acceptors (Lipinski definition) is 3. The molecule has 0 bridgehead atoms. The average molecular weight is 199 g/mol. The van der Waals surface area contributed by atoms with E-state index >= 15 is 0 Å². The van der Waals surface area contributed by atoms with Crippen LogP contribution in [0.3, 0.4) is 0 Å². The van der Waals surface area contributed by atoms with Gasteiger partial charge in [0.25, 0.3) is 0 Å². The number of epoxide rings is 1.